The predicted molar refractivity (Wildman–Crippen MR) is 125 cm³/mol. The van der Waals surface area contributed by atoms with Crippen LogP contribution < -0.4 is 4.74 Å². The largest absolute Gasteiger partial charge is 0.497 e. The van der Waals surface area contributed by atoms with Crippen molar-refractivity contribution in [3.8, 4) is 5.75 Å². The van der Waals surface area contributed by atoms with Crippen molar-refractivity contribution >= 4 is 27.5 Å². The van der Waals surface area contributed by atoms with Gasteiger partial charge in [0.05, 0.1) is 24.4 Å². The second kappa shape index (κ2) is 8.42. The van der Waals surface area contributed by atoms with E-state index in [1.165, 1.54) is 17.1 Å². The topological polar surface area (TPSA) is 96.3 Å². The lowest BCUT2D eigenvalue weighted by Crippen LogP contribution is -2.41. The summed E-state index contributed by atoms with van der Waals surface area (Å²) in [5.41, 5.74) is 2.46. The van der Waals surface area contributed by atoms with Crippen molar-refractivity contribution in [2.75, 3.05) is 13.7 Å². The van der Waals surface area contributed by atoms with Gasteiger partial charge in [-0.15, -0.1) is 0 Å². The normalized spacial score (nSPS) is 18.6. The number of rotatable bonds is 5. The first-order valence-corrected chi connectivity index (χ1v) is 12.1. The van der Waals surface area contributed by atoms with Crippen molar-refractivity contribution in [3.63, 3.8) is 0 Å². The molecular formula is C25H21N3O5S. The molecule has 0 saturated heterocycles. The van der Waals surface area contributed by atoms with E-state index in [9.17, 15) is 18.0 Å². The Morgan fingerprint density at radius 3 is 2.35 bits per heavy atom. The van der Waals surface area contributed by atoms with Crippen LogP contribution >= 0.6 is 0 Å². The highest BCUT2D eigenvalue weighted by Gasteiger charge is 2.44. The Morgan fingerprint density at radius 2 is 1.68 bits per heavy atom. The second-order valence-electron chi connectivity index (χ2n) is 7.96. The molecule has 2 heterocycles. The summed E-state index contributed by atoms with van der Waals surface area (Å²) in [4.78, 5) is 26.1. The van der Waals surface area contributed by atoms with E-state index in [2.05, 4.69) is 5.10 Å². The third-order valence-electron chi connectivity index (χ3n) is 5.96. The molecule has 5 rings (SSSR count). The summed E-state index contributed by atoms with van der Waals surface area (Å²) in [5, 5.41) is 5.85. The van der Waals surface area contributed by atoms with Crippen molar-refractivity contribution < 1.29 is 22.7 Å². The first-order valence-electron chi connectivity index (χ1n) is 10.6. The van der Waals surface area contributed by atoms with Crippen LogP contribution in [0.1, 0.15) is 33.9 Å². The SMILES string of the molecule is COc1ccc([C@H]2CC(c3ccccc3)=NN2C(=O)CN2C(=O)c3ccccc3S2(=O)=O)cc1. The summed E-state index contributed by atoms with van der Waals surface area (Å²) in [6.45, 7) is -0.631. The standard InChI is InChI=1S/C25H21N3O5S/c1-33-19-13-11-18(12-14-19)22-15-21(17-7-3-2-4-8-17)26-28(22)24(29)16-27-25(30)20-9-5-6-10-23(20)34(27,31)32/h2-14,22H,15-16H2,1H3/t22-/m1/s1. The monoisotopic (exact) mass is 475 g/mol. The van der Waals surface area contributed by atoms with Gasteiger partial charge in [-0.2, -0.15) is 5.10 Å². The maximum Gasteiger partial charge on any atom is 0.269 e. The van der Waals surface area contributed by atoms with Crippen LogP contribution in [-0.4, -0.2) is 48.9 Å². The van der Waals surface area contributed by atoms with Gasteiger partial charge in [-0.3, -0.25) is 9.59 Å². The van der Waals surface area contributed by atoms with Crippen molar-refractivity contribution in [1.82, 2.24) is 9.31 Å². The third-order valence-corrected chi connectivity index (χ3v) is 7.75. The molecule has 8 nitrogen and oxygen atoms in total. The van der Waals surface area contributed by atoms with Gasteiger partial charge < -0.3 is 4.74 Å². The van der Waals surface area contributed by atoms with Crippen LogP contribution in [0.5, 0.6) is 5.75 Å². The highest BCUT2D eigenvalue weighted by molar-refractivity contribution is 7.90. The molecule has 34 heavy (non-hydrogen) atoms. The van der Waals surface area contributed by atoms with Crippen molar-refractivity contribution in [3.05, 3.63) is 95.6 Å². The van der Waals surface area contributed by atoms with Gasteiger partial charge in [0.25, 0.3) is 21.8 Å². The highest BCUT2D eigenvalue weighted by Crippen LogP contribution is 2.35. The minimum absolute atomic E-state index is 0.0666. The van der Waals surface area contributed by atoms with E-state index in [0.717, 1.165) is 11.1 Å². The highest BCUT2D eigenvalue weighted by atomic mass is 32.2. The average Bonchev–Trinajstić information content (AvgIpc) is 3.39. The third kappa shape index (κ3) is 3.63. The first-order chi connectivity index (χ1) is 16.4. The number of amides is 2. The predicted octanol–water partition coefficient (Wildman–Crippen LogP) is 3.22. The molecule has 2 aliphatic rings. The van der Waals surface area contributed by atoms with Crippen molar-refractivity contribution in [2.24, 2.45) is 5.10 Å². The molecule has 9 heteroatoms. The number of fused-ring (bicyclic) bond motifs is 1. The van der Waals surface area contributed by atoms with Gasteiger partial charge in [-0.1, -0.05) is 54.6 Å². The number of hydrogen-bond donors (Lipinski definition) is 0. The molecule has 0 radical (unpaired) electrons. The van der Waals surface area contributed by atoms with Crippen molar-refractivity contribution in [2.45, 2.75) is 17.4 Å². The van der Waals surface area contributed by atoms with Crippen LogP contribution in [0.3, 0.4) is 0 Å². The molecule has 0 bridgehead atoms. The zero-order chi connectivity index (χ0) is 23.9. The van der Waals surface area contributed by atoms with E-state index in [0.29, 0.717) is 22.2 Å². The van der Waals surface area contributed by atoms with Gasteiger partial charge in [-0.05, 0) is 35.4 Å². The number of sulfonamides is 1. The molecular weight excluding hydrogens is 454 g/mol. The molecule has 172 valence electrons. The number of hydrazone groups is 1. The Kier molecular flexibility index (Phi) is 5.41. The van der Waals surface area contributed by atoms with Crippen molar-refractivity contribution in [1.29, 1.82) is 0 Å². The lowest BCUT2D eigenvalue weighted by atomic mass is 9.98. The summed E-state index contributed by atoms with van der Waals surface area (Å²) in [5.74, 6) is -0.622. The van der Waals surface area contributed by atoms with Crippen LogP contribution in [0.4, 0.5) is 0 Å². The zero-order valence-electron chi connectivity index (χ0n) is 18.3. The summed E-state index contributed by atoms with van der Waals surface area (Å²) >= 11 is 0. The lowest BCUT2D eigenvalue weighted by Gasteiger charge is -2.24. The van der Waals surface area contributed by atoms with Crippen LogP contribution in [0.2, 0.25) is 0 Å². The minimum Gasteiger partial charge on any atom is -0.497 e. The molecule has 0 fully saturated rings. The quantitative estimate of drug-likeness (QED) is 0.565. The Bertz CT molecular complexity index is 1400. The van der Waals surface area contributed by atoms with Crippen LogP contribution in [-0.2, 0) is 14.8 Å². The molecule has 1 atom stereocenters. The van der Waals surface area contributed by atoms with Gasteiger partial charge in [0.1, 0.15) is 17.2 Å². The van der Waals surface area contributed by atoms with Gasteiger partial charge in [0.2, 0.25) is 0 Å². The average molecular weight is 476 g/mol. The van der Waals surface area contributed by atoms with E-state index in [-0.39, 0.29) is 10.5 Å². The number of ether oxygens (including phenoxy) is 1. The smallest absolute Gasteiger partial charge is 0.269 e. The van der Waals surface area contributed by atoms with Gasteiger partial charge in [0.15, 0.2) is 0 Å². The summed E-state index contributed by atoms with van der Waals surface area (Å²) < 4.78 is 31.7. The van der Waals surface area contributed by atoms with E-state index < -0.39 is 34.4 Å². The fraction of sp³-hybridized carbons (Fsp3) is 0.160. The van der Waals surface area contributed by atoms with Crippen LogP contribution in [0.15, 0.2) is 88.9 Å². The Balaban J connectivity index is 1.47. The first kappa shape index (κ1) is 21.8. The summed E-state index contributed by atoms with van der Waals surface area (Å²) in [7, 11) is -2.53. The number of carbonyl (C=O) groups excluding carboxylic acids is 2. The molecule has 2 aliphatic heterocycles. The van der Waals surface area contributed by atoms with E-state index in [1.807, 2.05) is 42.5 Å². The molecule has 0 aromatic heterocycles. The molecule has 3 aromatic carbocycles. The number of benzene rings is 3. The summed E-state index contributed by atoms with van der Waals surface area (Å²) in [6.07, 6.45) is 0.447. The zero-order valence-corrected chi connectivity index (χ0v) is 19.1. The Hall–Kier alpha value is -3.98. The van der Waals surface area contributed by atoms with Crippen LogP contribution in [0.25, 0.3) is 0 Å². The molecule has 3 aromatic rings. The molecule has 2 amide bonds. The van der Waals surface area contributed by atoms with Crippen LogP contribution in [0, 0.1) is 0 Å². The molecule has 0 aliphatic carbocycles. The molecule has 0 spiro atoms. The van der Waals surface area contributed by atoms with Gasteiger partial charge in [0, 0.05) is 6.42 Å². The van der Waals surface area contributed by atoms with Gasteiger partial charge >= 0.3 is 0 Å². The molecule has 0 saturated carbocycles. The number of nitrogens with zero attached hydrogens (tertiary/aromatic N) is 3. The van der Waals surface area contributed by atoms with Gasteiger partial charge in [-0.25, -0.2) is 17.7 Å². The van der Waals surface area contributed by atoms with E-state index in [1.54, 1.807) is 31.4 Å². The lowest BCUT2D eigenvalue weighted by molar-refractivity contribution is -0.132. The number of methoxy groups -OCH3 is 1. The minimum atomic E-state index is -4.11. The maximum absolute atomic E-state index is 13.4. The molecule has 0 N–H and O–H groups in total. The maximum atomic E-state index is 13.4. The Morgan fingerprint density at radius 1 is 1.00 bits per heavy atom. The second-order valence-corrected chi connectivity index (χ2v) is 9.79. The summed E-state index contributed by atoms with van der Waals surface area (Å²) in [6, 6.07) is 22.3. The van der Waals surface area contributed by atoms with E-state index in [4.69, 9.17) is 4.74 Å². The molecule has 0 unspecified atom stereocenters. The fourth-order valence-corrected chi connectivity index (χ4v) is 5.73. The number of carbonyl (C=O) groups is 2. The fourth-order valence-electron chi connectivity index (χ4n) is 4.21. The van der Waals surface area contributed by atoms with E-state index >= 15 is 0 Å². The Labute approximate surface area is 197 Å². The number of hydrogen-bond acceptors (Lipinski definition) is 6.